The Bertz CT molecular complexity index is 484. The molecule has 0 atom stereocenters. The fraction of sp³-hybridized carbons (Fsp3) is 0.632. The second-order valence-corrected chi connectivity index (χ2v) is 6.41. The lowest BCUT2D eigenvalue weighted by Crippen LogP contribution is -2.37. The number of hydrogen-bond acceptors (Lipinski definition) is 3. The predicted molar refractivity (Wildman–Crippen MR) is 98.5 cm³/mol. The lowest BCUT2D eigenvalue weighted by atomic mass is 10.2. The number of urea groups is 1. The number of morpholine rings is 1. The molecule has 1 aliphatic heterocycles. The van der Waals surface area contributed by atoms with Crippen LogP contribution in [-0.2, 0) is 11.3 Å². The molecule has 0 spiro atoms. The summed E-state index contributed by atoms with van der Waals surface area (Å²) in [5.74, 6) is 0. The summed E-state index contributed by atoms with van der Waals surface area (Å²) in [5, 5.41) is 2.99. The molecule has 1 fully saturated rings. The van der Waals surface area contributed by atoms with Gasteiger partial charge in [0.2, 0.25) is 0 Å². The molecule has 2 amide bonds. The molecule has 134 valence electrons. The number of nitrogens with one attached hydrogen (secondary N) is 1. The van der Waals surface area contributed by atoms with Crippen molar-refractivity contribution in [2.75, 3.05) is 44.8 Å². The molecule has 2 rings (SSSR count). The molecule has 0 radical (unpaired) electrons. The maximum absolute atomic E-state index is 12.1. The van der Waals surface area contributed by atoms with Crippen LogP contribution in [0.15, 0.2) is 24.3 Å². The Morgan fingerprint density at radius 1 is 1.17 bits per heavy atom. The second kappa shape index (κ2) is 10.2. The number of carbonyl (C=O) groups excluding carboxylic acids is 1. The van der Waals surface area contributed by atoms with Gasteiger partial charge in [0.1, 0.15) is 0 Å². The minimum Gasteiger partial charge on any atom is -0.378 e. The third-order valence-electron chi connectivity index (χ3n) is 4.39. The molecule has 1 saturated heterocycles. The third kappa shape index (κ3) is 6.04. The van der Waals surface area contributed by atoms with E-state index in [1.54, 1.807) is 4.90 Å². The van der Waals surface area contributed by atoms with Crippen LogP contribution in [0.1, 0.15) is 38.2 Å². The summed E-state index contributed by atoms with van der Waals surface area (Å²) in [6, 6.07) is 8.49. The maximum Gasteiger partial charge on any atom is 0.317 e. The smallest absolute Gasteiger partial charge is 0.317 e. The zero-order chi connectivity index (χ0) is 17.2. The van der Waals surface area contributed by atoms with E-state index in [0.717, 1.165) is 44.8 Å². The van der Waals surface area contributed by atoms with Gasteiger partial charge in [0.15, 0.2) is 0 Å². The molecule has 24 heavy (non-hydrogen) atoms. The number of anilines is 1. The SMILES string of the molecule is CCCCCCNC(=O)N(C)Cc1ccc(N2CCOCC2)cc1. The van der Waals surface area contributed by atoms with E-state index in [0.29, 0.717) is 6.54 Å². The molecule has 0 aromatic heterocycles. The van der Waals surface area contributed by atoms with Crippen LogP contribution in [0.2, 0.25) is 0 Å². The molecular weight excluding hydrogens is 302 g/mol. The van der Waals surface area contributed by atoms with E-state index in [1.165, 1.54) is 24.9 Å². The Kier molecular flexibility index (Phi) is 7.89. The van der Waals surface area contributed by atoms with Gasteiger partial charge in [-0.1, -0.05) is 38.3 Å². The Morgan fingerprint density at radius 2 is 1.88 bits per heavy atom. The van der Waals surface area contributed by atoms with Crippen molar-refractivity contribution in [2.45, 2.75) is 39.2 Å². The number of ether oxygens (including phenoxy) is 1. The van der Waals surface area contributed by atoms with Crippen LogP contribution >= 0.6 is 0 Å². The number of hydrogen-bond donors (Lipinski definition) is 1. The molecule has 1 aromatic carbocycles. The van der Waals surface area contributed by atoms with Crippen molar-refractivity contribution >= 4 is 11.7 Å². The zero-order valence-electron chi connectivity index (χ0n) is 15.1. The summed E-state index contributed by atoms with van der Waals surface area (Å²) >= 11 is 0. The topological polar surface area (TPSA) is 44.8 Å². The van der Waals surface area contributed by atoms with Crippen LogP contribution in [0.3, 0.4) is 0 Å². The monoisotopic (exact) mass is 333 g/mol. The summed E-state index contributed by atoms with van der Waals surface area (Å²) in [5.41, 5.74) is 2.38. The Balaban J connectivity index is 1.74. The van der Waals surface area contributed by atoms with Gasteiger partial charge in [-0.2, -0.15) is 0 Å². The van der Waals surface area contributed by atoms with E-state index in [2.05, 4.69) is 41.4 Å². The predicted octanol–water partition coefficient (Wildman–Crippen LogP) is 3.24. The Labute approximate surface area is 146 Å². The summed E-state index contributed by atoms with van der Waals surface area (Å²) in [6.07, 6.45) is 4.70. The highest BCUT2D eigenvalue weighted by Gasteiger charge is 2.12. The molecule has 5 heteroatoms. The average Bonchev–Trinajstić information content (AvgIpc) is 2.62. The van der Waals surface area contributed by atoms with Crippen molar-refractivity contribution < 1.29 is 9.53 Å². The average molecular weight is 333 g/mol. The first-order chi connectivity index (χ1) is 11.7. The Hall–Kier alpha value is -1.75. The molecule has 1 aromatic rings. The molecule has 1 aliphatic rings. The number of amides is 2. The second-order valence-electron chi connectivity index (χ2n) is 6.41. The summed E-state index contributed by atoms with van der Waals surface area (Å²) < 4.78 is 5.38. The van der Waals surface area contributed by atoms with E-state index in [4.69, 9.17) is 4.74 Å². The van der Waals surface area contributed by atoms with Crippen LogP contribution in [0.25, 0.3) is 0 Å². The maximum atomic E-state index is 12.1. The molecule has 0 aliphatic carbocycles. The molecular formula is C19H31N3O2. The minimum absolute atomic E-state index is 0.00348. The first kappa shape index (κ1) is 18.6. The van der Waals surface area contributed by atoms with Crippen molar-refractivity contribution in [3.05, 3.63) is 29.8 Å². The largest absolute Gasteiger partial charge is 0.378 e. The van der Waals surface area contributed by atoms with Gasteiger partial charge < -0.3 is 19.9 Å². The van der Waals surface area contributed by atoms with E-state index in [1.807, 2.05) is 7.05 Å². The van der Waals surface area contributed by atoms with Gasteiger partial charge in [-0.15, -0.1) is 0 Å². The van der Waals surface area contributed by atoms with Crippen molar-refractivity contribution in [2.24, 2.45) is 0 Å². The van der Waals surface area contributed by atoms with E-state index >= 15 is 0 Å². The number of unbranched alkanes of at least 4 members (excludes halogenated alkanes) is 3. The quantitative estimate of drug-likeness (QED) is 0.743. The van der Waals surface area contributed by atoms with Crippen LogP contribution in [0.4, 0.5) is 10.5 Å². The number of carbonyl (C=O) groups is 1. The summed E-state index contributed by atoms with van der Waals surface area (Å²) in [6.45, 7) is 7.06. The number of rotatable bonds is 8. The molecule has 5 nitrogen and oxygen atoms in total. The minimum atomic E-state index is 0.00348. The van der Waals surface area contributed by atoms with Crippen LogP contribution in [0.5, 0.6) is 0 Å². The van der Waals surface area contributed by atoms with E-state index in [9.17, 15) is 4.79 Å². The third-order valence-corrected chi connectivity index (χ3v) is 4.39. The fourth-order valence-corrected chi connectivity index (χ4v) is 2.86. The van der Waals surface area contributed by atoms with E-state index in [-0.39, 0.29) is 6.03 Å². The van der Waals surface area contributed by atoms with Gasteiger partial charge in [0.05, 0.1) is 13.2 Å². The van der Waals surface area contributed by atoms with Gasteiger partial charge in [-0.25, -0.2) is 4.79 Å². The van der Waals surface area contributed by atoms with Crippen LogP contribution < -0.4 is 10.2 Å². The number of benzene rings is 1. The first-order valence-electron chi connectivity index (χ1n) is 9.11. The highest BCUT2D eigenvalue weighted by Crippen LogP contribution is 2.17. The zero-order valence-corrected chi connectivity index (χ0v) is 15.1. The molecule has 0 unspecified atom stereocenters. The molecule has 1 heterocycles. The lowest BCUT2D eigenvalue weighted by Gasteiger charge is -2.29. The molecule has 0 saturated carbocycles. The van der Waals surface area contributed by atoms with E-state index < -0.39 is 0 Å². The van der Waals surface area contributed by atoms with Crippen LogP contribution in [0, 0.1) is 0 Å². The van der Waals surface area contributed by atoms with Crippen molar-refractivity contribution in [3.8, 4) is 0 Å². The lowest BCUT2D eigenvalue weighted by molar-refractivity contribution is 0.122. The van der Waals surface area contributed by atoms with Gasteiger partial charge >= 0.3 is 6.03 Å². The van der Waals surface area contributed by atoms with Crippen molar-refractivity contribution in [1.82, 2.24) is 10.2 Å². The summed E-state index contributed by atoms with van der Waals surface area (Å²) in [4.78, 5) is 16.2. The van der Waals surface area contributed by atoms with Crippen molar-refractivity contribution in [1.29, 1.82) is 0 Å². The highest BCUT2D eigenvalue weighted by molar-refractivity contribution is 5.73. The summed E-state index contributed by atoms with van der Waals surface area (Å²) in [7, 11) is 1.84. The van der Waals surface area contributed by atoms with Gasteiger partial charge in [0, 0.05) is 38.9 Å². The standard InChI is InChI=1S/C19H31N3O2/c1-3-4-5-6-11-20-19(23)21(2)16-17-7-9-18(10-8-17)22-12-14-24-15-13-22/h7-10H,3-6,11-16H2,1-2H3,(H,20,23). The highest BCUT2D eigenvalue weighted by atomic mass is 16.5. The van der Waals surface area contributed by atoms with Gasteiger partial charge in [-0.3, -0.25) is 0 Å². The first-order valence-corrected chi connectivity index (χ1v) is 9.11. The molecule has 0 bridgehead atoms. The van der Waals surface area contributed by atoms with Gasteiger partial charge in [-0.05, 0) is 24.1 Å². The normalized spacial score (nSPS) is 14.5. The number of nitrogens with zero attached hydrogens (tertiary/aromatic N) is 2. The molecule has 1 N–H and O–H groups in total. The Morgan fingerprint density at radius 3 is 2.54 bits per heavy atom. The van der Waals surface area contributed by atoms with Crippen molar-refractivity contribution in [3.63, 3.8) is 0 Å². The fourth-order valence-electron chi connectivity index (χ4n) is 2.86. The van der Waals surface area contributed by atoms with Crippen LogP contribution in [-0.4, -0.2) is 50.8 Å². The van der Waals surface area contributed by atoms with Gasteiger partial charge in [0.25, 0.3) is 0 Å².